The maximum atomic E-state index is 13.2. The van der Waals surface area contributed by atoms with Gasteiger partial charge in [-0.25, -0.2) is 4.39 Å². The van der Waals surface area contributed by atoms with E-state index in [-0.39, 0.29) is 6.42 Å². The maximum Gasteiger partial charge on any atom is 0.473 e. The summed E-state index contributed by atoms with van der Waals surface area (Å²) >= 11 is 0. The lowest BCUT2D eigenvalue weighted by molar-refractivity contribution is -0.484. The van der Waals surface area contributed by atoms with Crippen molar-refractivity contribution >= 4 is 0 Å². The third kappa shape index (κ3) is 5.30. The van der Waals surface area contributed by atoms with E-state index in [9.17, 15) is 61.5 Å². The summed E-state index contributed by atoms with van der Waals surface area (Å²) in [5.74, 6) is -15.2. The minimum absolute atomic E-state index is 0.291. The standard InChI is InChI=1S/C11H8F14O3/c1-2-3-26-7(16,17)6(15)28-11(24,25)9(20,21)8(18,19)10(22,23)27-5(14)4(12)13/h6H,2-3H2,1H3. The number of ether oxygens (including phenoxy) is 3. The molecule has 0 saturated heterocycles. The fourth-order valence-corrected chi connectivity index (χ4v) is 1.16. The van der Waals surface area contributed by atoms with Crippen LogP contribution >= 0.6 is 0 Å². The summed E-state index contributed by atoms with van der Waals surface area (Å²) in [5.41, 5.74) is 0. The Balaban J connectivity index is 5.76. The first-order valence-electron chi connectivity index (χ1n) is 6.51. The van der Waals surface area contributed by atoms with Gasteiger partial charge in [0.2, 0.25) is 0 Å². The lowest BCUT2D eigenvalue weighted by atomic mass is 10.1. The molecule has 1 atom stereocenters. The van der Waals surface area contributed by atoms with E-state index < -0.39 is 55.2 Å². The Morgan fingerprint density at radius 3 is 1.61 bits per heavy atom. The van der Waals surface area contributed by atoms with Gasteiger partial charge in [-0.15, -0.1) is 0 Å². The van der Waals surface area contributed by atoms with Gasteiger partial charge >= 0.3 is 42.3 Å². The normalized spacial score (nSPS) is 15.4. The Morgan fingerprint density at radius 1 is 0.786 bits per heavy atom. The molecule has 0 aliphatic carbocycles. The summed E-state index contributed by atoms with van der Waals surface area (Å²) < 4.78 is 186. The lowest BCUT2D eigenvalue weighted by Crippen LogP contribution is -2.64. The topological polar surface area (TPSA) is 27.7 Å². The van der Waals surface area contributed by atoms with Crippen molar-refractivity contribution < 1.29 is 75.7 Å². The molecule has 0 rings (SSSR count). The monoisotopic (exact) mass is 454 g/mol. The van der Waals surface area contributed by atoms with Crippen LogP contribution < -0.4 is 0 Å². The molecule has 1 unspecified atom stereocenters. The summed E-state index contributed by atoms with van der Waals surface area (Å²) in [5, 5.41) is 0. The van der Waals surface area contributed by atoms with Crippen LogP contribution in [0.5, 0.6) is 0 Å². The van der Waals surface area contributed by atoms with Crippen LogP contribution in [-0.4, -0.2) is 43.1 Å². The average Bonchev–Trinajstić information content (AvgIpc) is 2.51. The SMILES string of the molecule is CCCOC(F)(F)C(F)OC(F)(F)C(F)(F)C(F)(F)C(F)(F)OC(F)=C(F)F. The van der Waals surface area contributed by atoms with Crippen LogP contribution in [0.1, 0.15) is 13.3 Å². The minimum Gasteiger partial charge on any atom is -0.397 e. The van der Waals surface area contributed by atoms with E-state index in [1.165, 1.54) is 0 Å². The fourth-order valence-electron chi connectivity index (χ4n) is 1.16. The number of halogens is 14. The van der Waals surface area contributed by atoms with Crippen molar-refractivity contribution in [3.63, 3.8) is 0 Å². The number of hydrogen-bond donors (Lipinski definition) is 0. The molecule has 0 spiro atoms. The smallest absolute Gasteiger partial charge is 0.397 e. The van der Waals surface area contributed by atoms with Crippen molar-refractivity contribution in [1.82, 2.24) is 0 Å². The first-order chi connectivity index (χ1) is 12.3. The maximum absolute atomic E-state index is 13.2. The molecule has 0 fully saturated rings. The van der Waals surface area contributed by atoms with Gasteiger partial charge in [0.05, 0.1) is 6.61 Å². The third-order valence-corrected chi connectivity index (χ3v) is 2.51. The Hall–Kier alpha value is -1.52. The Kier molecular flexibility index (Phi) is 8.00. The van der Waals surface area contributed by atoms with E-state index in [2.05, 4.69) is 9.47 Å². The van der Waals surface area contributed by atoms with Gasteiger partial charge in [0.15, 0.2) is 0 Å². The summed E-state index contributed by atoms with van der Waals surface area (Å²) in [4.78, 5) is 0. The van der Waals surface area contributed by atoms with Gasteiger partial charge in [0.25, 0.3) is 6.36 Å². The van der Waals surface area contributed by atoms with Gasteiger partial charge < -0.3 is 9.47 Å². The first-order valence-corrected chi connectivity index (χ1v) is 6.51. The molecule has 0 heterocycles. The minimum atomic E-state index is -7.58. The van der Waals surface area contributed by atoms with Crippen molar-refractivity contribution in [2.45, 2.75) is 49.9 Å². The van der Waals surface area contributed by atoms with E-state index in [1.54, 1.807) is 0 Å². The highest BCUT2D eigenvalue weighted by molar-refractivity contribution is 4.99. The Morgan fingerprint density at radius 2 is 1.21 bits per heavy atom. The van der Waals surface area contributed by atoms with Crippen LogP contribution in [-0.2, 0) is 14.2 Å². The quantitative estimate of drug-likeness (QED) is 0.291. The fraction of sp³-hybridized carbons (Fsp3) is 0.818. The zero-order valence-corrected chi connectivity index (χ0v) is 13.0. The van der Waals surface area contributed by atoms with Crippen LogP contribution in [0, 0.1) is 0 Å². The number of rotatable bonds is 11. The average molecular weight is 454 g/mol. The second-order valence-electron chi connectivity index (χ2n) is 4.66. The Bertz CT molecular complexity index is 557. The van der Waals surface area contributed by atoms with Crippen molar-refractivity contribution in [3.8, 4) is 0 Å². The van der Waals surface area contributed by atoms with Crippen molar-refractivity contribution in [2.75, 3.05) is 6.61 Å². The molecule has 0 aromatic carbocycles. The number of alkyl halides is 11. The van der Waals surface area contributed by atoms with Gasteiger partial charge in [-0.2, -0.15) is 57.1 Å². The molecule has 0 N–H and O–H groups in total. The van der Waals surface area contributed by atoms with E-state index in [1.807, 2.05) is 4.74 Å². The highest BCUT2D eigenvalue weighted by Gasteiger charge is 2.84. The summed E-state index contributed by atoms with van der Waals surface area (Å²) in [6.07, 6.45) is -28.6. The molecule has 28 heavy (non-hydrogen) atoms. The van der Waals surface area contributed by atoms with Crippen molar-refractivity contribution in [2.24, 2.45) is 0 Å². The molecule has 0 aromatic rings. The highest BCUT2D eigenvalue weighted by Crippen LogP contribution is 2.54. The molecule has 3 nitrogen and oxygen atoms in total. The molecular weight excluding hydrogens is 446 g/mol. The van der Waals surface area contributed by atoms with E-state index in [4.69, 9.17) is 0 Å². The van der Waals surface area contributed by atoms with Gasteiger partial charge in [0.1, 0.15) is 0 Å². The van der Waals surface area contributed by atoms with E-state index in [0.717, 1.165) is 6.92 Å². The molecule has 0 bridgehead atoms. The van der Waals surface area contributed by atoms with Crippen LogP contribution in [0.25, 0.3) is 0 Å². The van der Waals surface area contributed by atoms with Gasteiger partial charge in [-0.05, 0) is 6.42 Å². The zero-order valence-electron chi connectivity index (χ0n) is 13.0. The van der Waals surface area contributed by atoms with Crippen molar-refractivity contribution in [3.05, 3.63) is 12.1 Å². The van der Waals surface area contributed by atoms with Gasteiger partial charge in [-0.1, -0.05) is 6.92 Å². The van der Waals surface area contributed by atoms with Crippen LogP contribution in [0.2, 0.25) is 0 Å². The highest BCUT2D eigenvalue weighted by atomic mass is 19.4. The predicted molar refractivity (Wildman–Crippen MR) is 58.4 cm³/mol. The molecule has 0 amide bonds. The molecule has 0 aliphatic heterocycles. The second-order valence-corrected chi connectivity index (χ2v) is 4.66. The number of hydrogen-bond acceptors (Lipinski definition) is 3. The van der Waals surface area contributed by atoms with Gasteiger partial charge in [-0.3, -0.25) is 4.74 Å². The summed E-state index contributed by atoms with van der Waals surface area (Å²) in [7, 11) is 0. The second kappa shape index (κ2) is 8.46. The molecule has 0 saturated carbocycles. The predicted octanol–water partition coefficient (Wildman–Crippen LogP) is 5.83. The Labute approximate surface area is 145 Å². The molecule has 17 heteroatoms. The molecule has 0 radical (unpaired) electrons. The first kappa shape index (κ1) is 26.5. The van der Waals surface area contributed by atoms with Gasteiger partial charge in [0, 0.05) is 0 Å². The van der Waals surface area contributed by atoms with Crippen molar-refractivity contribution in [1.29, 1.82) is 0 Å². The van der Waals surface area contributed by atoms with Crippen LogP contribution in [0.15, 0.2) is 12.1 Å². The zero-order chi connectivity index (χ0) is 22.8. The van der Waals surface area contributed by atoms with Crippen LogP contribution in [0.4, 0.5) is 61.5 Å². The molecule has 0 aromatic heterocycles. The largest absolute Gasteiger partial charge is 0.473 e. The van der Waals surface area contributed by atoms with Crippen LogP contribution in [0.3, 0.4) is 0 Å². The van der Waals surface area contributed by atoms with E-state index in [0.29, 0.717) is 0 Å². The van der Waals surface area contributed by atoms with E-state index >= 15 is 0 Å². The lowest BCUT2D eigenvalue weighted by Gasteiger charge is -2.36. The molecule has 0 aliphatic rings. The third-order valence-electron chi connectivity index (χ3n) is 2.51. The summed E-state index contributed by atoms with van der Waals surface area (Å²) in [6, 6.07) is -3.84. The molecular formula is C11H8F14O3. The summed E-state index contributed by atoms with van der Waals surface area (Å²) in [6.45, 7) is 0.0879. The molecule has 168 valence electrons.